The maximum atomic E-state index is 5.58. The Morgan fingerprint density at radius 2 is 2.00 bits per heavy atom. The third-order valence-corrected chi connectivity index (χ3v) is 2.98. The summed E-state index contributed by atoms with van der Waals surface area (Å²) in [4.78, 5) is 3.21. The third-order valence-electron chi connectivity index (χ3n) is 2.82. The van der Waals surface area contributed by atoms with Gasteiger partial charge >= 0.3 is 0 Å². The van der Waals surface area contributed by atoms with Gasteiger partial charge in [-0.05, 0) is 32.4 Å². The Morgan fingerprint density at radius 3 is 2.46 bits per heavy atom. The number of hydrogen-bond donors (Lipinski definition) is 1. The molecule has 0 radical (unpaired) electrons. The van der Waals surface area contributed by atoms with E-state index in [4.69, 9.17) is 18.0 Å². The summed E-state index contributed by atoms with van der Waals surface area (Å²) in [5.41, 5.74) is 5.58. The van der Waals surface area contributed by atoms with Gasteiger partial charge in [0, 0.05) is 12.5 Å². The summed E-state index contributed by atoms with van der Waals surface area (Å²) in [5, 5.41) is 0. The number of nitrogens with two attached hydrogens (primary N) is 1. The fraction of sp³-hybridized carbons (Fsp3) is 0.900. The van der Waals surface area contributed by atoms with Gasteiger partial charge in [0.25, 0.3) is 0 Å². The van der Waals surface area contributed by atoms with Crippen molar-refractivity contribution in [2.24, 2.45) is 5.73 Å². The molecule has 0 aromatic heterocycles. The second kappa shape index (κ2) is 5.55. The summed E-state index contributed by atoms with van der Waals surface area (Å²) in [6, 6.07) is 0.595. The number of thiocarbonyl (C=S) groups is 1. The predicted octanol–water partition coefficient (Wildman–Crippen LogP) is 1.93. The second-order valence-electron chi connectivity index (χ2n) is 3.83. The lowest BCUT2D eigenvalue weighted by Crippen LogP contribution is -2.40. The van der Waals surface area contributed by atoms with Crippen LogP contribution in [0.2, 0.25) is 0 Å². The zero-order valence-electron chi connectivity index (χ0n) is 8.46. The van der Waals surface area contributed by atoms with E-state index in [9.17, 15) is 0 Å². The Labute approximate surface area is 86.5 Å². The standard InChI is InChI=1S/C10H20N2S/c1-2-9(8-10(11)13)12-6-4-3-5-7-12/h9H,2-8H2,1H3,(H2,11,13). The van der Waals surface area contributed by atoms with E-state index in [1.165, 1.54) is 32.4 Å². The van der Waals surface area contributed by atoms with Crippen LogP contribution < -0.4 is 5.73 Å². The van der Waals surface area contributed by atoms with Gasteiger partial charge in [-0.15, -0.1) is 0 Å². The molecule has 2 N–H and O–H groups in total. The van der Waals surface area contributed by atoms with Crippen LogP contribution in [0.4, 0.5) is 0 Å². The van der Waals surface area contributed by atoms with E-state index in [0.29, 0.717) is 11.0 Å². The molecule has 0 amide bonds. The molecule has 13 heavy (non-hydrogen) atoms. The van der Waals surface area contributed by atoms with Crippen molar-refractivity contribution in [1.29, 1.82) is 0 Å². The van der Waals surface area contributed by atoms with Gasteiger partial charge < -0.3 is 5.73 Å². The maximum Gasteiger partial charge on any atom is 0.0743 e. The van der Waals surface area contributed by atoms with Crippen molar-refractivity contribution in [3.63, 3.8) is 0 Å². The lowest BCUT2D eigenvalue weighted by atomic mass is 10.0. The lowest BCUT2D eigenvalue weighted by molar-refractivity contribution is 0.163. The van der Waals surface area contributed by atoms with Crippen molar-refractivity contribution in [2.75, 3.05) is 13.1 Å². The second-order valence-corrected chi connectivity index (χ2v) is 4.35. The molecule has 1 aliphatic heterocycles. The first-order valence-electron chi connectivity index (χ1n) is 5.26. The minimum absolute atomic E-state index is 0.595. The normalized spacial score (nSPS) is 21.3. The van der Waals surface area contributed by atoms with Gasteiger partial charge in [0.15, 0.2) is 0 Å². The summed E-state index contributed by atoms with van der Waals surface area (Å²) in [5.74, 6) is 0. The van der Waals surface area contributed by atoms with Gasteiger partial charge in [0.1, 0.15) is 0 Å². The third kappa shape index (κ3) is 3.61. The van der Waals surface area contributed by atoms with E-state index in [0.717, 1.165) is 12.8 Å². The molecule has 2 nitrogen and oxygen atoms in total. The maximum absolute atomic E-state index is 5.58. The molecule has 1 unspecified atom stereocenters. The van der Waals surface area contributed by atoms with E-state index in [2.05, 4.69) is 11.8 Å². The molecule has 0 aromatic rings. The molecule has 0 spiro atoms. The van der Waals surface area contributed by atoms with Crippen LogP contribution in [0.3, 0.4) is 0 Å². The van der Waals surface area contributed by atoms with Crippen molar-refractivity contribution in [2.45, 2.75) is 45.1 Å². The highest BCUT2D eigenvalue weighted by Crippen LogP contribution is 2.16. The van der Waals surface area contributed by atoms with Crippen LogP contribution in [0.1, 0.15) is 39.0 Å². The van der Waals surface area contributed by atoms with E-state index in [1.54, 1.807) is 0 Å². The molecule has 1 aliphatic rings. The highest BCUT2D eigenvalue weighted by Gasteiger charge is 2.19. The molecule has 1 saturated heterocycles. The number of rotatable bonds is 4. The van der Waals surface area contributed by atoms with Gasteiger partial charge in [-0.2, -0.15) is 0 Å². The van der Waals surface area contributed by atoms with Crippen LogP contribution in [-0.4, -0.2) is 29.0 Å². The Kier molecular flexibility index (Phi) is 4.67. The zero-order valence-corrected chi connectivity index (χ0v) is 9.28. The number of hydrogen-bond acceptors (Lipinski definition) is 2. The smallest absolute Gasteiger partial charge is 0.0743 e. The van der Waals surface area contributed by atoms with Crippen LogP contribution in [0.25, 0.3) is 0 Å². The molecule has 3 heteroatoms. The molecule has 1 atom stereocenters. The van der Waals surface area contributed by atoms with E-state index in [1.807, 2.05) is 0 Å². The summed E-state index contributed by atoms with van der Waals surface area (Å²) < 4.78 is 0. The van der Waals surface area contributed by atoms with E-state index < -0.39 is 0 Å². The van der Waals surface area contributed by atoms with Gasteiger partial charge in [-0.1, -0.05) is 25.6 Å². The topological polar surface area (TPSA) is 29.3 Å². The summed E-state index contributed by atoms with van der Waals surface area (Å²) in [6.07, 6.45) is 6.13. The summed E-state index contributed by atoms with van der Waals surface area (Å²) in [7, 11) is 0. The Bertz CT molecular complexity index is 164. The summed E-state index contributed by atoms with van der Waals surface area (Å²) in [6.45, 7) is 4.69. The molecule has 1 heterocycles. The van der Waals surface area contributed by atoms with E-state index in [-0.39, 0.29) is 0 Å². The highest BCUT2D eigenvalue weighted by molar-refractivity contribution is 7.80. The molecule has 0 aromatic carbocycles. The van der Waals surface area contributed by atoms with Crippen molar-refractivity contribution in [3.8, 4) is 0 Å². The SMILES string of the molecule is CCC(CC(N)=S)N1CCCCC1. The van der Waals surface area contributed by atoms with Gasteiger partial charge in [-0.25, -0.2) is 0 Å². The van der Waals surface area contributed by atoms with Crippen molar-refractivity contribution in [1.82, 2.24) is 4.90 Å². The van der Waals surface area contributed by atoms with Crippen molar-refractivity contribution in [3.05, 3.63) is 0 Å². The first-order chi connectivity index (χ1) is 6.24. The minimum atomic E-state index is 0.595. The molecular formula is C10H20N2S. The van der Waals surface area contributed by atoms with Gasteiger partial charge in [0.2, 0.25) is 0 Å². The Balaban J connectivity index is 2.39. The van der Waals surface area contributed by atoms with Crippen LogP contribution in [0, 0.1) is 0 Å². The first-order valence-corrected chi connectivity index (χ1v) is 5.67. The van der Waals surface area contributed by atoms with Gasteiger partial charge in [0.05, 0.1) is 4.99 Å². The fourth-order valence-corrected chi connectivity index (χ4v) is 2.24. The Hall–Kier alpha value is -0.150. The molecule has 1 fully saturated rings. The highest BCUT2D eigenvalue weighted by atomic mass is 32.1. The zero-order chi connectivity index (χ0) is 9.68. The van der Waals surface area contributed by atoms with Gasteiger partial charge in [-0.3, -0.25) is 4.90 Å². The molecule has 1 rings (SSSR count). The molecular weight excluding hydrogens is 180 g/mol. The average Bonchev–Trinajstić information content (AvgIpc) is 2.15. The predicted molar refractivity (Wildman–Crippen MR) is 60.9 cm³/mol. The first kappa shape index (κ1) is 10.9. The number of nitrogens with zero attached hydrogens (tertiary/aromatic N) is 1. The van der Waals surface area contributed by atoms with Crippen LogP contribution >= 0.6 is 12.2 Å². The molecule has 0 saturated carbocycles. The minimum Gasteiger partial charge on any atom is -0.393 e. The van der Waals surface area contributed by atoms with Crippen molar-refractivity contribution >= 4 is 17.2 Å². The molecule has 0 bridgehead atoms. The molecule has 0 aliphatic carbocycles. The largest absolute Gasteiger partial charge is 0.393 e. The van der Waals surface area contributed by atoms with Crippen LogP contribution in [0.5, 0.6) is 0 Å². The van der Waals surface area contributed by atoms with E-state index >= 15 is 0 Å². The van der Waals surface area contributed by atoms with Crippen LogP contribution in [0.15, 0.2) is 0 Å². The number of likely N-dealkylation sites (tertiary alicyclic amines) is 1. The fourth-order valence-electron chi connectivity index (χ4n) is 2.05. The monoisotopic (exact) mass is 200 g/mol. The molecule has 76 valence electrons. The number of piperidine rings is 1. The Morgan fingerprint density at radius 1 is 1.38 bits per heavy atom. The lowest BCUT2D eigenvalue weighted by Gasteiger charge is -2.33. The quantitative estimate of drug-likeness (QED) is 0.703. The summed E-state index contributed by atoms with van der Waals surface area (Å²) >= 11 is 4.96. The average molecular weight is 200 g/mol. The van der Waals surface area contributed by atoms with Crippen LogP contribution in [-0.2, 0) is 0 Å². The van der Waals surface area contributed by atoms with Crippen molar-refractivity contribution < 1.29 is 0 Å².